The van der Waals surface area contributed by atoms with E-state index in [1.807, 2.05) is 0 Å². The van der Waals surface area contributed by atoms with Crippen LogP contribution >= 0.6 is 0 Å². The molecule has 0 atom stereocenters. The molecule has 0 radical (unpaired) electrons. The molecule has 1 aliphatic heterocycles. The van der Waals surface area contributed by atoms with Gasteiger partial charge in [0.05, 0.1) is 18.8 Å². The maximum absolute atomic E-state index is 14.0. The van der Waals surface area contributed by atoms with Crippen LogP contribution in [-0.4, -0.2) is 42.1 Å². The average molecular weight is 262 g/mol. The van der Waals surface area contributed by atoms with Gasteiger partial charge in [-0.3, -0.25) is 4.79 Å². The fourth-order valence-corrected chi connectivity index (χ4v) is 2.53. The summed E-state index contributed by atoms with van der Waals surface area (Å²) in [5.41, 5.74) is 1.81. The highest BCUT2D eigenvalue weighted by atomic mass is 19.1. The van der Waals surface area contributed by atoms with E-state index in [1.165, 1.54) is 6.07 Å². The number of carbonyl (C=O) groups excluding carboxylic acids is 1. The standard InChI is InChI=1S/C14H15FN2O2/c1-9-12(14(18)17-5-7-19-8-6-17)13-10(15)3-2-4-11(13)16-9/h2-4,16H,5-8H2,1H3. The summed E-state index contributed by atoms with van der Waals surface area (Å²) in [6, 6.07) is 4.80. The van der Waals surface area contributed by atoms with Gasteiger partial charge in [-0.15, -0.1) is 0 Å². The number of fused-ring (bicyclic) bond motifs is 1. The van der Waals surface area contributed by atoms with Crippen LogP contribution in [0, 0.1) is 12.7 Å². The van der Waals surface area contributed by atoms with E-state index in [4.69, 9.17) is 4.74 Å². The first-order chi connectivity index (χ1) is 9.18. The molecular weight excluding hydrogens is 247 g/mol. The Hall–Kier alpha value is -1.88. The Balaban J connectivity index is 2.08. The van der Waals surface area contributed by atoms with Crippen molar-refractivity contribution >= 4 is 16.8 Å². The zero-order valence-electron chi connectivity index (χ0n) is 10.7. The SMILES string of the molecule is Cc1[nH]c2cccc(F)c2c1C(=O)N1CCOCC1. The summed E-state index contributed by atoms with van der Waals surface area (Å²) in [6.45, 7) is 3.98. The van der Waals surface area contributed by atoms with E-state index in [1.54, 1.807) is 24.0 Å². The number of rotatable bonds is 1. The molecular formula is C14H15FN2O2. The van der Waals surface area contributed by atoms with E-state index in [-0.39, 0.29) is 11.7 Å². The Kier molecular flexibility index (Phi) is 2.98. The molecule has 1 aliphatic rings. The number of H-pyrrole nitrogens is 1. The summed E-state index contributed by atoms with van der Waals surface area (Å²) in [5, 5.41) is 0.386. The summed E-state index contributed by atoms with van der Waals surface area (Å²) in [7, 11) is 0. The van der Waals surface area contributed by atoms with Gasteiger partial charge in [-0.2, -0.15) is 0 Å². The maximum atomic E-state index is 14.0. The van der Waals surface area contributed by atoms with E-state index >= 15 is 0 Å². The van der Waals surface area contributed by atoms with Crippen molar-refractivity contribution in [2.75, 3.05) is 26.3 Å². The zero-order valence-corrected chi connectivity index (χ0v) is 10.7. The predicted molar refractivity (Wildman–Crippen MR) is 69.7 cm³/mol. The van der Waals surface area contributed by atoms with Gasteiger partial charge in [-0.05, 0) is 19.1 Å². The fraction of sp³-hybridized carbons (Fsp3) is 0.357. The lowest BCUT2D eigenvalue weighted by molar-refractivity contribution is 0.0303. The van der Waals surface area contributed by atoms with Crippen molar-refractivity contribution in [1.82, 2.24) is 9.88 Å². The number of nitrogens with one attached hydrogen (secondary N) is 1. The van der Waals surface area contributed by atoms with Crippen LogP contribution in [0.5, 0.6) is 0 Å². The molecule has 1 saturated heterocycles. The topological polar surface area (TPSA) is 45.3 Å². The number of morpholine rings is 1. The minimum absolute atomic E-state index is 0.128. The highest BCUT2D eigenvalue weighted by Crippen LogP contribution is 2.26. The molecule has 100 valence electrons. The molecule has 0 bridgehead atoms. The lowest BCUT2D eigenvalue weighted by atomic mass is 10.1. The van der Waals surface area contributed by atoms with Crippen LogP contribution in [0.25, 0.3) is 10.9 Å². The van der Waals surface area contributed by atoms with Crippen LogP contribution in [0.1, 0.15) is 16.1 Å². The van der Waals surface area contributed by atoms with Crippen molar-refractivity contribution in [1.29, 1.82) is 0 Å². The van der Waals surface area contributed by atoms with E-state index < -0.39 is 0 Å². The molecule has 1 aromatic heterocycles. The quantitative estimate of drug-likeness (QED) is 0.855. The molecule has 0 saturated carbocycles. The summed E-state index contributed by atoms with van der Waals surface area (Å²) < 4.78 is 19.2. The third kappa shape index (κ3) is 2.00. The van der Waals surface area contributed by atoms with Crippen molar-refractivity contribution in [3.63, 3.8) is 0 Å². The first-order valence-electron chi connectivity index (χ1n) is 6.32. The number of halogens is 1. The maximum Gasteiger partial charge on any atom is 0.256 e. The van der Waals surface area contributed by atoms with E-state index in [2.05, 4.69) is 4.98 Å². The third-order valence-corrected chi connectivity index (χ3v) is 3.47. The van der Waals surface area contributed by atoms with Crippen LogP contribution in [0.2, 0.25) is 0 Å². The Morgan fingerprint density at radius 2 is 2.11 bits per heavy atom. The number of nitrogens with zero attached hydrogens (tertiary/aromatic N) is 1. The molecule has 2 aromatic rings. The van der Waals surface area contributed by atoms with Crippen molar-refractivity contribution in [2.24, 2.45) is 0 Å². The second-order valence-electron chi connectivity index (χ2n) is 4.69. The molecule has 2 heterocycles. The molecule has 3 rings (SSSR count). The summed E-state index contributed by atoms with van der Waals surface area (Å²) >= 11 is 0. The van der Waals surface area contributed by atoms with E-state index in [9.17, 15) is 9.18 Å². The van der Waals surface area contributed by atoms with E-state index in [0.717, 1.165) is 0 Å². The van der Waals surface area contributed by atoms with Crippen LogP contribution in [0.3, 0.4) is 0 Å². The molecule has 1 N–H and O–H groups in total. The van der Waals surface area contributed by atoms with Gasteiger partial charge in [-0.1, -0.05) is 6.07 Å². The average Bonchev–Trinajstić information content (AvgIpc) is 2.76. The first kappa shape index (κ1) is 12.2. The third-order valence-electron chi connectivity index (χ3n) is 3.47. The van der Waals surface area contributed by atoms with E-state index in [0.29, 0.717) is 48.5 Å². The number of amides is 1. The number of benzene rings is 1. The van der Waals surface area contributed by atoms with Crippen molar-refractivity contribution in [2.45, 2.75) is 6.92 Å². The molecule has 4 nitrogen and oxygen atoms in total. The molecule has 1 amide bonds. The second kappa shape index (κ2) is 4.66. The number of carbonyl (C=O) groups is 1. The van der Waals surface area contributed by atoms with Gasteiger partial charge < -0.3 is 14.6 Å². The number of aromatic nitrogens is 1. The normalized spacial score (nSPS) is 16.0. The fourth-order valence-electron chi connectivity index (χ4n) is 2.53. The summed E-state index contributed by atoms with van der Waals surface area (Å²) in [6.07, 6.45) is 0. The molecule has 0 aliphatic carbocycles. The Morgan fingerprint density at radius 3 is 2.84 bits per heavy atom. The van der Waals surface area contributed by atoms with Gasteiger partial charge >= 0.3 is 0 Å². The molecule has 1 fully saturated rings. The van der Waals surface area contributed by atoms with Gasteiger partial charge in [0.2, 0.25) is 0 Å². The first-order valence-corrected chi connectivity index (χ1v) is 6.32. The van der Waals surface area contributed by atoms with Crippen molar-refractivity contribution < 1.29 is 13.9 Å². The molecule has 0 spiro atoms. The number of aryl methyl sites for hydroxylation is 1. The van der Waals surface area contributed by atoms with Crippen LogP contribution in [0.15, 0.2) is 18.2 Å². The molecule has 0 unspecified atom stereocenters. The van der Waals surface area contributed by atoms with Gasteiger partial charge in [-0.25, -0.2) is 4.39 Å². The summed E-state index contributed by atoms with van der Waals surface area (Å²) in [4.78, 5) is 17.3. The number of aromatic amines is 1. The largest absolute Gasteiger partial charge is 0.378 e. The van der Waals surface area contributed by atoms with Crippen LogP contribution in [0.4, 0.5) is 4.39 Å². The monoisotopic (exact) mass is 262 g/mol. The molecule has 1 aromatic carbocycles. The van der Waals surface area contributed by atoms with Crippen LogP contribution in [-0.2, 0) is 4.74 Å². The number of hydrogen-bond donors (Lipinski definition) is 1. The lowest BCUT2D eigenvalue weighted by Gasteiger charge is -2.27. The minimum atomic E-state index is -0.363. The Labute approximate surface area is 110 Å². The lowest BCUT2D eigenvalue weighted by Crippen LogP contribution is -2.40. The summed E-state index contributed by atoms with van der Waals surface area (Å²) in [5.74, 6) is -0.490. The van der Waals surface area contributed by atoms with Crippen molar-refractivity contribution in [3.05, 3.63) is 35.3 Å². The predicted octanol–water partition coefficient (Wildman–Crippen LogP) is 2.09. The van der Waals surface area contributed by atoms with Gasteiger partial charge in [0.15, 0.2) is 0 Å². The highest BCUT2D eigenvalue weighted by molar-refractivity contribution is 6.08. The van der Waals surface area contributed by atoms with Gasteiger partial charge in [0.1, 0.15) is 5.82 Å². The highest BCUT2D eigenvalue weighted by Gasteiger charge is 2.24. The Morgan fingerprint density at radius 1 is 1.37 bits per heavy atom. The molecule has 5 heteroatoms. The van der Waals surface area contributed by atoms with Crippen molar-refractivity contribution in [3.8, 4) is 0 Å². The molecule has 19 heavy (non-hydrogen) atoms. The number of hydrogen-bond acceptors (Lipinski definition) is 2. The second-order valence-corrected chi connectivity index (χ2v) is 4.69. The minimum Gasteiger partial charge on any atom is -0.378 e. The Bertz CT molecular complexity index is 630. The van der Waals surface area contributed by atoms with Crippen LogP contribution < -0.4 is 0 Å². The van der Waals surface area contributed by atoms with Gasteiger partial charge in [0.25, 0.3) is 5.91 Å². The smallest absolute Gasteiger partial charge is 0.256 e. The van der Waals surface area contributed by atoms with Gasteiger partial charge in [0, 0.05) is 29.7 Å². The zero-order chi connectivity index (χ0) is 13.4. The number of ether oxygens (including phenoxy) is 1.